The summed E-state index contributed by atoms with van der Waals surface area (Å²) in [6.07, 6.45) is 0. The summed E-state index contributed by atoms with van der Waals surface area (Å²) >= 11 is 5.85. The third-order valence-corrected chi connectivity index (χ3v) is 3.18. The van der Waals surface area contributed by atoms with Crippen LogP contribution in [0.25, 0.3) is 0 Å². The van der Waals surface area contributed by atoms with E-state index >= 15 is 0 Å². The predicted octanol–water partition coefficient (Wildman–Crippen LogP) is 4.55. The molecule has 0 aliphatic heterocycles. The highest BCUT2D eigenvalue weighted by molar-refractivity contribution is 6.30. The molecule has 2 nitrogen and oxygen atoms in total. The quantitative estimate of drug-likeness (QED) is 0.864. The van der Waals surface area contributed by atoms with E-state index in [2.05, 4.69) is 31.3 Å². The highest BCUT2D eigenvalue weighted by Crippen LogP contribution is 2.25. The van der Waals surface area contributed by atoms with Crippen LogP contribution in [-0.4, -0.2) is 6.54 Å². The van der Waals surface area contributed by atoms with E-state index in [9.17, 15) is 0 Å². The van der Waals surface area contributed by atoms with Gasteiger partial charge < -0.3 is 10.1 Å². The largest absolute Gasteiger partial charge is 0.457 e. The van der Waals surface area contributed by atoms with Crippen LogP contribution in [0.15, 0.2) is 42.5 Å². The lowest BCUT2D eigenvalue weighted by Gasteiger charge is -2.10. The van der Waals surface area contributed by atoms with Crippen LogP contribution in [0.4, 0.5) is 0 Å². The number of hydrogen-bond acceptors (Lipinski definition) is 2. The molecule has 0 aromatic heterocycles. The van der Waals surface area contributed by atoms with Crippen molar-refractivity contribution in [3.63, 3.8) is 0 Å². The fourth-order valence-corrected chi connectivity index (χ4v) is 1.95. The number of benzene rings is 2. The summed E-state index contributed by atoms with van der Waals surface area (Å²) in [5, 5.41) is 4.04. The molecule has 0 amide bonds. The SMILES string of the molecule is CCNCc1ccc(Oc2ccc(Cl)cc2)cc1C. The van der Waals surface area contributed by atoms with Gasteiger partial charge in [0.15, 0.2) is 0 Å². The maximum atomic E-state index is 5.85. The Balaban J connectivity index is 2.09. The van der Waals surface area contributed by atoms with Gasteiger partial charge in [-0.25, -0.2) is 0 Å². The van der Waals surface area contributed by atoms with E-state index in [1.54, 1.807) is 0 Å². The second kappa shape index (κ2) is 6.60. The molecule has 0 spiro atoms. The molecular weight excluding hydrogens is 258 g/mol. The molecule has 3 heteroatoms. The van der Waals surface area contributed by atoms with E-state index in [1.807, 2.05) is 30.3 Å². The zero-order valence-electron chi connectivity index (χ0n) is 11.2. The fourth-order valence-electron chi connectivity index (χ4n) is 1.83. The lowest BCUT2D eigenvalue weighted by Crippen LogP contribution is -2.12. The third kappa shape index (κ3) is 3.98. The highest BCUT2D eigenvalue weighted by Gasteiger charge is 2.02. The molecule has 0 atom stereocenters. The fraction of sp³-hybridized carbons (Fsp3) is 0.250. The molecule has 0 bridgehead atoms. The highest BCUT2D eigenvalue weighted by atomic mass is 35.5. The summed E-state index contributed by atoms with van der Waals surface area (Å²) in [5.41, 5.74) is 2.53. The van der Waals surface area contributed by atoms with Gasteiger partial charge in [0.05, 0.1) is 0 Å². The molecule has 2 aromatic rings. The Morgan fingerprint density at radius 2 is 1.74 bits per heavy atom. The normalized spacial score (nSPS) is 10.5. The van der Waals surface area contributed by atoms with Crippen molar-refractivity contribution in [3.05, 3.63) is 58.6 Å². The van der Waals surface area contributed by atoms with Crippen molar-refractivity contribution in [1.29, 1.82) is 0 Å². The smallest absolute Gasteiger partial charge is 0.127 e. The average Bonchev–Trinajstić information content (AvgIpc) is 2.41. The lowest BCUT2D eigenvalue weighted by molar-refractivity contribution is 0.482. The average molecular weight is 276 g/mol. The van der Waals surface area contributed by atoms with Crippen LogP contribution >= 0.6 is 11.6 Å². The van der Waals surface area contributed by atoms with Crippen LogP contribution in [-0.2, 0) is 6.54 Å². The molecule has 0 saturated carbocycles. The lowest BCUT2D eigenvalue weighted by atomic mass is 10.1. The first-order chi connectivity index (χ1) is 9.19. The summed E-state index contributed by atoms with van der Waals surface area (Å²) in [5.74, 6) is 1.64. The van der Waals surface area contributed by atoms with Crippen LogP contribution in [0.2, 0.25) is 5.02 Å². The van der Waals surface area contributed by atoms with Crippen LogP contribution in [0.3, 0.4) is 0 Å². The molecule has 100 valence electrons. The monoisotopic (exact) mass is 275 g/mol. The Labute approximate surface area is 119 Å². The number of aryl methyl sites for hydroxylation is 1. The van der Waals surface area contributed by atoms with Gasteiger partial charge in [0.2, 0.25) is 0 Å². The molecule has 1 N–H and O–H groups in total. The summed E-state index contributed by atoms with van der Waals surface area (Å²) in [4.78, 5) is 0. The minimum atomic E-state index is 0.713. The number of rotatable bonds is 5. The van der Waals surface area contributed by atoms with Gasteiger partial charge in [0.25, 0.3) is 0 Å². The Kier molecular flexibility index (Phi) is 4.83. The predicted molar refractivity (Wildman–Crippen MR) is 80.1 cm³/mol. The number of halogens is 1. The molecule has 2 aromatic carbocycles. The van der Waals surface area contributed by atoms with Crippen LogP contribution in [0.5, 0.6) is 11.5 Å². The van der Waals surface area contributed by atoms with Crippen molar-refractivity contribution >= 4 is 11.6 Å². The van der Waals surface area contributed by atoms with E-state index in [1.165, 1.54) is 11.1 Å². The molecule has 0 radical (unpaired) electrons. The Hall–Kier alpha value is -1.51. The van der Waals surface area contributed by atoms with Crippen molar-refractivity contribution in [3.8, 4) is 11.5 Å². The molecule has 0 unspecified atom stereocenters. The zero-order valence-corrected chi connectivity index (χ0v) is 12.0. The van der Waals surface area contributed by atoms with Gasteiger partial charge >= 0.3 is 0 Å². The van der Waals surface area contributed by atoms with Crippen molar-refractivity contribution in [2.75, 3.05) is 6.54 Å². The Morgan fingerprint density at radius 1 is 1.05 bits per heavy atom. The van der Waals surface area contributed by atoms with Gasteiger partial charge in [-0.2, -0.15) is 0 Å². The molecule has 0 saturated heterocycles. The first-order valence-electron chi connectivity index (χ1n) is 6.42. The van der Waals surface area contributed by atoms with Gasteiger partial charge in [-0.05, 0) is 61.0 Å². The van der Waals surface area contributed by atoms with Gasteiger partial charge in [-0.1, -0.05) is 24.6 Å². The van der Waals surface area contributed by atoms with E-state index in [4.69, 9.17) is 16.3 Å². The zero-order chi connectivity index (χ0) is 13.7. The van der Waals surface area contributed by atoms with Crippen LogP contribution < -0.4 is 10.1 Å². The second-order valence-electron chi connectivity index (χ2n) is 4.42. The maximum Gasteiger partial charge on any atom is 0.127 e. The van der Waals surface area contributed by atoms with Crippen LogP contribution in [0.1, 0.15) is 18.1 Å². The number of ether oxygens (including phenoxy) is 1. The Morgan fingerprint density at radius 3 is 2.37 bits per heavy atom. The summed E-state index contributed by atoms with van der Waals surface area (Å²) < 4.78 is 5.79. The van der Waals surface area contributed by atoms with Gasteiger partial charge in [0, 0.05) is 11.6 Å². The van der Waals surface area contributed by atoms with Crippen LogP contribution in [0, 0.1) is 6.92 Å². The topological polar surface area (TPSA) is 21.3 Å². The molecule has 0 aliphatic rings. The summed E-state index contributed by atoms with van der Waals surface area (Å²) in [6.45, 7) is 6.07. The standard InChI is InChI=1S/C16H18ClNO/c1-3-18-11-13-4-7-16(10-12(13)2)19-15-8-5-14(17)6-9-15/h4-10,18H,3,11H2,1-2H3. The van der Waals surface area contributed by atoms with E-state index in [0.717, 1.165) is 24.6 Å². The minimum Gasteiger partial charge on any atom is -0.457 e. The van der Waals surface area contributed by atoms with E-state index in [-0.39, 0.29) is 0 Å². The number of hydrogen-bond donors (Lipinski definition) is 1. The second-order valence-corrected chi connectivity index (χ2v) is 4.86. The number of nitrogens with one attached hydrogen (secondary N) is 1. The molecule has 0 fully saturated rings. The molecule has 2 rings (SSSR count). The van der Waals surface area contributed by atoms with Gasteiger partial charge in [-0.3, -0.25) is 0 Å². The molecule has 19 heavy (non-hydrogen) atoms. The summed E-state index contributed by atoms with van der Waals surface area (Å²) in [7, 11) is 0. The van der Waals surface area contributed by atoms with Crippen molar-refractivity contribution in [2.45, 2.75) is 20.4 Å². The van der Waals surface area contributed by atoms with Gasteiger partial charge in [-0.15, -0.1) is 0 Å². The molecule has 0 aliphatic carbocycles. The maximum absolute atomic E-state index is 5.85. The minimum absolute atomic E-state index is 0.713. The van der Waals surface area contributed by atoms with Gasteiger partial charge in [0.1, 0.15) is 11.5 Å². The Bertz CT molecular complexity index is 537. The van der Waals surface area contributed by atoms with E-state index in [0.29, 0.717) is 5.02 Å². The van der Waals surface area contributed by atoms with Crippen molar-refractivity contribution in [1.82, 2.24) is 5.32 Å². The van der Waals surface area contributed by atoms with Crippen molar-refractivity contribution in [2.24, 2.45) is 0 Å². The summed E-state index contributed by atoms with van der Waals surface area (Å²) in [6, 6.07) is 13.5. The molecule has 0 heterocycles. The first-order valence-corrected chi connectivity index (χ1v) is 6.80. The van der Waals surface area contributed by atoms with E-state index < -0.39 is 0 Å². The van der Waals surface area contributed by atoms with Crippen molar-refractivity contribution < 1.29 is 4.74 Å². The molecular formula is C16H18ClNO. The third-order valence-electron chi connectivity index (χ3n) is 2.93. The first kappa shape index (κ1) is 13.9.